The SMILES string of the molecule is CCOc1ccc(NC(=O)[C@H](C)c2ccc3cc(OC)ccc3c2)cc1OCC. The van der Waals surface area contributed by atoms with Gasteiger partial charge in [0.2, 0.25) is 5.91 Å². The van der Waals surface area contributed by atoms with E-state index in [1.807, 2.05) is 69.3 Å². The van der Waals surface area contributed by atoms with E-state index in [1.165, 1.54) is 0 Å². The van der Waals surface area contributed by atoms with E-state index >= 15 is 0 Å². The lowest BCUT2D eigenvalue weighted by atomic mass is 9.97. The fourth-order valence-electron chi connectivity index (χ4n) is 3.17. The smallest absolute Gasteiger partial charge is 0.231 e. The summed E-state index contributed by atoms with van der Waals surface area (Å²) >= 11 is 0. The van der Waals surface area contributed by atoms with Crippen LogP contribution in [0.5, 0.6) is 17.2 Å². The lowest BCUT2D eigenvalue weighted by molar-refractivity contribution is -0.117. The van der Waals surface area contributed by atoms with E-state index in [1.54, 1.807) is 13.2 Å². The molecule has 0 radical (unpaired) electrons. The van der Waals surface area contributed by atoms with Crippen LogP contribution in [0.3, 0.4) is 0 Å². The Morgan fingerprint density at radius 2 is 1.59 bits per heavy atom. The summed E-state index contributed by atoms with van der Waals surface area (Å²) in [7, 11) is 1.65. The number of rotatable bonds is 8. The van der Waals surface area contributed by atoms with Crippen molar-refractivity contribution in [3.8, 4) is 17.2 Å². The van der Waals surface area contributed by atoms with Crippen molar-refractivity contribution in [2.45, 2.75) is 26.7 Å². The molecule has 152 valence electrons. The summed E-state index contributed by atoms with van der Waals surface area (Å²) in [4.78, 5) is 12.8. The molecule has 0 saturated carbocycles. The van der Waals surface area contributed by atoms with Gasteiger partial charge in [-0.05, 0) is 61.4 Å². The molecular weight excluding hydrogens is 366 g/mol. The largest absolute Gasteiger partial charge is 0.497 e. The van der Waals surface area contributed by atoms with Gasteiger partial charge in [0.05, 0.1) is 26.2 Å². The zero-order chi connectivity index (χ0) is 20.8. The number of anilines is 1. The summed E-state index contributed by atoms with van der Waals surface area (Å²) in [5.41, 5.74) is 1.63. The van der Waals surface area contributed by atoms with Crippen molar-refractivity contribution < 1.29 is 19.0 Å². The summed E-state index contributed by atoms with van der Waals surface area (Å²) in [6, 6.07) is 17.4. The lowest BCUT2D eigenvalue weighted by Gasteiger charge is -2.16. The van der Waals surface area contributed by atoms with Gasteiger partial charge in [0, 0.05) is 11.8 Å². The Labute approximate surface area is 171 Å². The number of ether oxygens (including phenoxy) is 3. The first kappa shape index (κ1) is 20.5. The van der Waals surface area contributed by atoms with Gasteiger partial charge in [0.15, 0.2) is 11.5 Å². The molecule has 1 N–H and O–H groups in total. The predicted molar refractivity (Wildman–Crippen MR) is 116 cm³/mol. The molecule has 0 spiro atoms. The van der Waals surface area contributed by atoms with Crippen LogP contribution in [0.1, 0.15) is 32.3 Å². The predicted octanol–water partition coefficient (Wildman–Crippen LogP) is 5.39. The van der Waals surface area contributed by atoms with Gasteiger partial charge in [-0.1, -0.05) is 24.3 Å². The molecule has 1 atom stereocenters. The number of hydrogen-bond donors (Lipinski definition) is 1. The molecule has 3 aromatic carbocycles. The number of benzene rings is 3. The van der Waals surface area contributed by atoms with Gasteiger partial charge in [-0.2, -0.15) is 0 Å². The molecule has 0 aromatic heterocycles. The van der Waals surface area contributed by atoms with E-state index in [-0.39, 0.29) is 11.8 Å². The van der Waals surface area contributed by atoms with E-state index in [2.05, 4.69) is 5.32 Å². The van der Waals surface area contributed by atoms with Crippen LogP contribution in [-0.2, 0) is 4.79 Å². The third-order valence-electron chi connectivity index (χ3n) is 4.78. The third-order valence-corrected chi connectivity index (χ3v) is 4.78. The van der Waals surface area contributed by atoms with Gasteiger partial charge in [-0.25, -0.2) is 0 Å². The van der Waals surface area contributed by atoms with Crippen LogP contribution in [0.25, 0.3) is 10.8 Å². The molecule has 0 saturated heterocycles. The first-order valence-electron chi connectivity index (χ1n) is 9.84. The average Bonchev–Trinajstić information content (AvgIpc) is 2.74. The number of amides is 1. The number of carbonyl (C=O) groups excluding carboxylic acids is 1. The molecule has 5 nitrogen and oxygen atoms in total. The third kappa shape index (κ3) is 4.80. The molecule has 5 heteroatoms. The molecule has 0 unspecified atom stereocenters. The van der Waals surface area contributed by atoms with E-state index < -0.39 is 0 Å². The molecule has 0 aliphatic carbocycles. The van der Waals surface area contributed by atoms with Crippen molar-refractivity contribution in [2.24, 2.45) is 0 Å². The van der Waals surface area contributed by atoms with Crippen LogP contribution < -0.4 is 19.5 Å². The van der Waals surface area contributed by atoms with Crippen molar-refractivity contribution in [2.75, 3.05) is 25.6 Å². The van der Waals surface area contributed by atoms with E-state index in [4.69, 9.17) is 14.2 Å². The highest BCUT2D eigenvalue weighted by Gasteiger charge is 2.17. The average molecular weight is 393 g/mol. The van der Waals surface area contributed by atoms with Crippen molar-refractivity contribution in [3.05, 3.63) is 60.2 Å². The molecule has 0 aliphatic heterocycles. The number of nitrogens with one attached hydrogen (secondary N) is 1. The first-order valence-corrected chi connectivity index (χ1v) is 9.84. The fraction of sp³-hybridized carbons (Fsp3) is 0.292. The molecule has 0 bridgehead atoms. The lowest BCUT2D eigenvalue weighted by Crippen LogP contribution is -2.19. The van der Waals surface area contributed by atoms with Crippen molar-refractivity contribution in [3.63, 3.8) is 0 Å². The maximum Gasteiger partial charge on any atom is 0.231 e. The summed E-state index contributed by atoms with van der Waals surface area (Å²) in [6.45, 7) is 6.82. The van der Waals surface area contributed by atoms with E-state index in [9.17, 15) is 4.79 Å². The molecule has 1 amide bonds. The summed E-state index contributed by atoms with van der Waals surface area (Å²) in [6.07, 6.45) is 0. The molecular formula is C24H27NO4. The highest BCUT2D eigenvalue weighted by atomic mass is 16.5. The fourth-order valence-corrected chi connectivity index (χ4v) is 3.17. The van der Waals surface area contributed by atoms with E-state index in [0.29, 0.717) is 30.4 Å². The number of hydrogen-bond acceptors (Lipinski definition) is 4. The summed E-state index contributed by atoms with van der Waals surface area (Å²) < 4.78 is 16.5. The Hall–Kier alpha value is -3.21. The Bertz CT molecular complexity index is 999. The van der Waals surface area contributed by atoms with Crippen molar-refractivity contribution in [1.82, 2.24) is 0 Å². The molecule has 29 heavy (non-hydrogen) atoms. The van der Waals surface area contributed by atoms with Crippen LogP contribution in [0, 0.1) is 0 Å². The zero-order valence-corrected chi connectivity index (χ0v) is 17.3. The van der Waals surface area contributed by atoms with Gasteiger partial charge in [0.1, 0.15) is 5.75 Å². The summed E-state index contributed by atoms with van der Waals surface area (Å²) in [5, 5.41) is 5.13. The minimum atomic E-state index is -0.302. The monoisotopic (exact) mass is 393 g/mol. The second-order valence-corrected chi connectivity index (χ2v) is 6.71. The Kier molecular flexibility index (Phi) is 6.60. The highest BCUT2D eigenvalue weighted by Crippen LogP contribution is 2.31. The second kappa shape index (κ2) is 9.32. The topological polar surface area (TPSA) is 56.8 Å². The van der Waals surface area contributed by atoms with Crippen LogP contribution in [-0.4, -0.2) is 26.2 Å². The standard InChI is InChI=1S/C24H27NO4/c1-5-28-22-12-10-20(15-23(22)29-6-2)25-24(26)16(3)17-7-8-19-14-21(27-4)11-9-18(19)13-17/h7-16H,5-6H2,1-4H3,(H,25,26)/t16-/m1/s1. The molecule has 3 aromatic rings. The van der Waals surface area contributed by atoms with Gasteiger partial charge < -0.3 is 19.5 Å². The normalized spacial score (nSPS) is 11.7. The highest BCUT2D eigenvalue weighted by molar-refractivity contribution is 5.96. The number of fused-ring (bicyclic) bond motifs is 1. The minimum Gasteiger partial charge on any atom is -0.497 e. The van der Waals surface area contributed by atoms with Crippen LogP contribution in [0.2, 0.25) is 0 Å². The van der Waals surface area contributed by atoms with Crippen LogP contribution in [0.15, 0.2) is 54.6 Å². The van der Waals surface area contributed by atoms with Crippen LogP contribution >= 0.6 is 0 Å². The Morgan fingerprint density at radius 3 is 2.31 bits per heavy atom. The maximum absolute atomic E-state index is 12.8. The Morgan fingerprint density at radius 1 is 0.897 bits per heavy atom. The molecule has 3 rings (SSSR count). The quantitative estimate of drug-likeness (QED) is 0.558. The first-order chi connectivity index (χ1) is 14.0. The van der Waals surface area contributed by atoms with Gasteiger partial charge in [-0.15, -0.1) is 0 Å². The van der Waals surface area contributed by atoms with E-state index in [0.717, 1.165) is 22.1 Å². The second-order valence-electron chi connectivity index (χ2n) is 6.71. The Balaban J connectivity index is 1.78. The van der Waals surface area contributed by atoms with Crippen LogP contribution in [0.4, 0.5) is 5.69 Å². The number of methoxy groups -OCH3 is 1. The van der Waals surface area contributed by atoms with Gasteiger partial charge in [-0.3, -0.25) is 4.79 Å². The van der Waals surface area contributed by atoms with Crippen molar-refractivity contribution >= 4 is 22.4 Å². The van der Waals surface area contributed by atoms with Crippen molar-refractivity contribution in [1.29, 1.82) is 0 Å². The summed E-state index contributed by atoms with van der Waals surface area (Å²) in [5.74, 6) is 1.73. The maximum atomic E-state index is 12.8. The number of carbonyl (C=O) groups is 1. The molecule has 0 heterocycles. The van der Waals surface area contributed by atoms with Gasteiger partial charge >= 0.3 is 0 Å². The molecule has 0 fully saturated rings. The van der Waals surface area contributed by atoms with Gasteiger partial charge in [0.25, 0.3) is 0 Å². The molecule has 0 aliphatic rings. The minimum absolute atomic E-state index is 0.0792. The zero-order valence-electron chi connectivity index (χ0n) is 17.3.